The minimum Gasteiger partial charge on any atom is -0.316 e. The lowest BCUT2D eigenvalue weighted by Gasteiger charge is -2.02. The number of nitrogens with one attached hydrogen (secondary N) is 1. The van der Waals surface area contributed by atoms with Crippen molar-refractivity contribution >= 4 is 35.5 Å². The fraction of sp³-hybridized carbons (Fsp3) is 0.714. The van der Waals surface area contributed by atoms with Crippen LogP contribution >= 0.6 is 35.5 Å². The van der Waals surface area contributed by atoms with Crippen molar-refractivity contribution in [3.63, 3.8) is 0 Å². The first-order valence-corrected chi connectivity index (χ1v) is 5.72. The molecule has 0 saturated carbocycles. The maximum absolute atomic E-state index is 4.08. The summed E-state index contributed by atoms with van der Waals surface area (Å²) in [7, 11) is 0. The van der Waals surface area contributed by atoms with Gasteiger partial charge >= 0.3 is 0 Å². The van der Waals surface area contributed by atoms with Crippen LogP contribution in [0.2, 0.25) is 0 Å². The molecule has 1 saturated heterocycles. The quantitative estimate of drug-likeness (QED) is 0.850. The van der Waals surface area contributed by atoms with E-state index in [0.29, 0.717) is 5.25 Å². The number of hydrogen-bond acceptors (Lipinski definition) is 5. The highest BCUT2D eigenvalue weighted by atomic mass is 35.5. The molecule has 3 nitrogen and oxygen atoms in total. The zero-order valence-corrected chi connectivity index (χ0v) is 9.77. The van der Waals surface area contributed by atoms with Crippen LogP contribution in [0.4, 0.5) is 0 Å². The summed E-state index contributed by atoms with van der Waals surface area (Å²) in [5, 5.41) is 13.2. The number of hydrogen-bond donors (Lipinski definition) is 1. The lowest BCUT2D eigenvalue weighted by atomic mass is 10.4. The standard InChI is InChI=1S/C7H11N3S2.ClH/c1-5-9-10-7(11-5)12-6-2-3-8-4-6;/h6,8H,2-4H2,1H3;1H. The normalized spacial score (nSPS) is 21.5. The molecule has 6 heteroatoms. The lowest BCUT2D eigenvalue weighted by molar-refractivity contribution is 0.858. The predicted molar refractivity (Wildman–Crippen MR) is 59.0 cm³/mol. The summed E-state index contributed by atoms with van der Waals surface area (Å²) in [4.78, 5) is 0. The molecule has 1 aliphatic rings. The summed E-state index contributed by atoms with van der Waals surface area (Å²) in [6, 6.07) is 0. The Labute approximate surface area is 92.1 Å². The van der Waals surface area contributed by atoms with Gasteiger partial charge in [0.1, 0.15) is 5.01 Å². The van der Waals surface area contributed by atoms with Crippen LogP contribution in [0.5, 0.6) is 0 Å². The first kappa shape index (κ1) is 11.2. The number of aryl methyl sites for hydroxylation is 1. The van der Waals surface area contributed by atoms with E-state index in [1.54, 1.807) is 11.3 Å². The van der Waals surface area contributed by atoms with E-state index in [0.717, 1.165) is 22.4 Å². The average molecular weight is 238 g/mol. The van der Waals surface area contributed by atoms with Crippen molar-refractivity contribution < 1.29 is 0 Å². The Balaban J connectivity index is 0.000000845. The molecular weight excluding hydrogens is 226 g/mol. The van der Waals surface area contributed by atoms with Gasteiger partial charge in [-0.05, 0) is 19.9 Å². The SMILES string of the molecule is Cc1nnc(SC2CCNC2)s1.Cl. The van der Waals surface area contributed by atoms with Crippen LogP contribution in [0.25, 0.3) is 0 Å². The van der Waals surface area contributed by atoms with Gasteiger partial charge in [-0.3, -0.25) is 0 Å². The molecule has 0 amide bonds. The van der Waals surface area contributed by atoms with Crippen LogP contribution in [0, 0.1) is 6.92 Å². The predicted octanol–water partition coefficient (Wildman–Crippen LogP) is 1.72. The Morgan fingerprint density at radius 2 is 2.38 bits per heavy atom. The van der Waals surface area contributed by atoms with Gasteiger partial charge in [0, 0.05) is 11.8 Å². The van der Waals surface area contributed by atoms with Crippen molar-refractivity contribution in [3.8, 4) is 0 Å². The second-order valence-electron chi connectivity index (χ2n) is 2.82. The van der Waals surface area contributed by atoms with Crippen molar-refractivity contribution in [2.24, 2.45) is 0 Å². The summed E-state index contributed by atoms with van der Waals surface area (Å²) in [6.07, 6.45) is 1.25. The summed E-state index contributed by atoms with van der Waals surface area (Å²) >= 11 is 3.54. The van der Waals surface area contributed by atoms with E-state index < -0.39 is 0 Å². The van der Waals surface area contributed by atoms with E-state index in [4.69, 9.17) is 0 Å². The molecular formula is C7H12ClN3S2. The Morgan fingerprint density at radius 3 is 2.92 bits per heavy atom. The Bertz CT molecular complexity index is 260. The third-order valence-electron chi connectivity index (χ3n) is 1.79. The Morgan fingerprint density at radius 1 is 1.54 bits per heavy atom. The lowest BCUT2D eigenvalue weighted by Crippen LogP contribution is -2.09. The van der Waals surface area contributed by atoms with E-state index >= 15 is 0 Å². The average Bonchev–Trinajstić information content (AvgIpc) is 2.63. The van der Waals surface area contributed by atoms with Crippen LogP contribution in [-0.4, -0.2) is 28.5 Å². The molecule has 0 bridgehead atoms. The van der Waals surface area contributed by atoms with E-state index in [9.17, 15) is 0 Å². The second-order valence-corrected chi connectivity index (χ2v) is 5.55. The molecule has 1 atom stereocenters. The molecule has 1 unspecified atom stereocenters. The number of aromatic nitrogens is 2. The third kappa shape index (κ3) is 3.09. The van der Waals surface area contributed by atoms with Gasteiger partial charge in [0.05, 0.1) is 0 Å². The second kappa shape index (κ2) is 5.14. The maximum Gasteiger partial charge on any atom is 0.174 e. The third-order valence-corrected chi connectivity index (χ3v) is 3.98. The highest BCUT2D eigenvalue weighted by Gasteiger charge is 2.17. The van der Waals surface area contributed by atoms with Crippen LogP contribution in [0.1, 0.15) is 11.4 Å². The fourth-order valence-electron chi connectivity index (χ4n) is 1.20. The minimum absolute atomic E-state index is 0. The highest BCUT2D eigenvalue weighted by molar-refractivity contribution is 8.01. The van der Waals surface area contributed by atoms with Gasteiger partial charge in [0.25, 0.3) is 0 Å². The van der Waals surface area contributed by atoms with Crippen LogP contribution in [-0.2, 0) is 0 Å². The summed E-state index contributed by atoms with van der Waals surface area (Å²) in [5.74, 6) is 0. The molecule has 1 aliphatic heterocycles. The molecule has 0 spiro atoms. The van der Waals surface area contributed by atoms with Crippen molar-refractivity contribution in [3.05, 3.63) is 5.01 Å². The molecule has 2 heterocycles. The molecule has 13 heavy (non-hydrogen) atoms. The van der Waals surface area contributed by atoms with Gasteiger partial charge in [0.2, 0.25) is 0 Å². The van der Waals surface area contributed by atoms with Gasteiger partial charge in [-0.15, -0.1) is 22.6 Å². The largest absolute Gasteiger partial charge is 0.316 e. The molecule has 1 fully saturated rings. The van der Waals surface area contributed by atoms with E-state index in [1.165, 1.54) is 6.42 Å². The van der Waals surface area contributed by atoms with Gasteiger partial charge < -0.3 is 5.32 Å². The van der Waals surface area contributed by atoms with Crippen molar-refractivity contribution in [1.82, 2.24) is 15.5 Å². The smallest absolute Gasteiger partial charge is 0.174 e. The molecule has 1 aromatic rings. The van der Waals surface area contributed by atoms with Gasteiger partial charge in [-0.2, -0.15) is 0 Å². The van der Waals surface area contributed by atoms with E-state index in [2.05, 4.69) is 15.5 Å². The zero-order valence-electron chi connectivity index (χ0n) is 7.32. The topological polar surface area (TPSA) is 37.8 Å². The Kier molecular flexibility index (Phi) is 4.45. The molecule has 0 aliphatic carbocycles. The minimum atomic E-state index is 0. The monoisotopic (exact) mass is 237 g/mol. The first-order valence-electron chi connectivity index (χ1n) is 4.02. The van der Waals surface area contributed by atoms with Crippen molar-refractivity contribution in [2.45, 2.75) is 22.9 Å². The summed E-state index contributed by atoms with van der Waals surface area (Å²) in [5.41, 5.74) is 0. The molecule has 1 aromatic heterocycles. The van der Waals surface area contributed by atoms with Crippen LogP contribution in [0.3, 0.4) is 0 Å². The first-order chi connectivity index (χ1) is 5.84. The van der Waals surface area contributed by atoms with Gasteiger partial charge in [-0.1, -0.05) is 23.1 Å². The van der Waals surface area contributed by atoms with E-state index in [-0.39, 0.29) is 12.4 Å². The number of nitrogens with zero attached hydrogens (tertiary/aromatic N) is 2. The molecule has 0 radical (unpaired) electrons. The number of halogens is 1. The van der Waals surface area contributed by atoms with Crippen molar-refractivity contribution in [2.75, 3.05) is 13.1 Å². The number of thioether (sulfide) groups is 1. The van der Waals surface area contributed by atoms with E-state index in [1.807, 2.05) is 18.7 Å². The highest BCUT2D eigenvalue weighted by Crippen LogP contribution is 2.28. The zero-order chi connectivity index (χ0) is 8.39. The fourth-order valence-corrected chi connectivity index (χ4v) is 3.39. The molecule has 0 aromatic carbocycles. The summed E-state index contributed by atoms with van der Waals surface area (Å²) in [6.45, 7) is 4.26. The molecule has 74 valence electrons. The van der Waals surface area contributed by atoms with Crippen molar-refractivity contribution in [1.29, 1.82) is 0 Å². The molecule has 2 rings (SSSR count). The van der Waals surface area contributed by atoms with Crippen LogP contribution in [0.15, 0.2) is 4.34 Å². The molecule has 1 N–H and O–H groups in total. The van der Waals surface area contributed by atoms with Crippen LogP contribution < -0.4 is 5.32 Å². The summed E-state index contributed by atoms with van der Waals surface area (Å²) < 4.78 is 1.11. The Hall–Kier alpha value is 0.160. The maximum atomic E-state index is 4.08. The van der Waals surface area contributed by atoms with Gasteiger partial charge in [-0.25, -0.2) is 0 Å². The number of rotatable bonds is 2. The van der Waals surface area contributed by atoms with Gasteiger partial charge in [0.15, 0.2) is 4.34 Å².